The Bertz CT molecular complexity index is 448. The molecular formula is C16H26N2O3. The van der Waals surface area contributed by atoms with Gasteiger partial charge in [-0.2, -0.15) is 0 Å². The Morgan fingerprint density at radius 1 is 1.48 bits per heavy atom. The first-order valence-electron chi connectivity index (χ1n) is 7.93. The summed E-state index contributed by atoms with van der Waals surface area (Å²) < 4.78 is 5.48. The van der Waals surface area contributed by atoms with Crippen molar-refractivity contribution in [3.63, 3.8) is 0 Å². The van der Waals surface area contributed by atoms with Crippen LogP contribution >= 0.6 is 0 Å². The van der Waals surface area contributed by atoms with Gasteiger partial charge in [-0.05, 0) is 26.2 Å². The molecule has 0 aromatic carbocycles. The van der Waals surface area contributed by atoms with Crippen molar-refractivity contribution in [3.8, 4) is 0 Å². The third-order valence-corrected chi connectivity index (χ3v) is 4.78. The number of hydrogen-bond donors (Lipinski definition) is 2. The van der Waals surface area contributed by atoms with Gasteiger partial charge in [-0.3, -0.25) is 4.79 Å². The zero-order valence-electron chi connectivity index (χ0n) is 13.0. The largest absolute Gasteiger partial charge is 0.465 e. The number of esters is 1. The predicted octanol–water partition coefficient (Wildman–Crippen LogP) is 2.91. The summed E-state index contributed by atoms with van der Waals surface area (Å²) >= 11 is 0. The van der Waals surface area contributed by atoms with Crippen LogP contribution in [-0.2, 0) is 15.1 Å². The number of unbranched alkanes of at least 4 members (excludes halogenated alkanes) is 1. The summed E-state index contributed by atoms with van der Waals surface area (Å²) in [5.41, 5.74) is -1.57. The van der Waals surface area contributed by atoms with Crippen LogP contribution in [0, 0.1) is 5.41 Å². The first-order chi connectivity index (χ1) is 10.0. The number of imidazole rings is 1. The summed E-state index contributed by atoms with van der Waals surface area (Å²) in [6.45, 7) is 4.19. The normalized spacial score (nSPS) is 20.7. The number of ether oxygens (including phenoxy) is 1. The van der Waals surface area contributed by atoms with Gasteiger partial charge in [0.2, 0.25) is 0 Å². The molecule has 1 unspecified atom stereocenters. The zero-order chi connectivity index (χ0) is 15.3. The Labute approximate surface area is 126 Å². The highest BCUT2D eigenvalue weighted by Gasteiger charge is 2.55. The van der Waals surface area contributed by atoms with Crippen molar-refractivity contribution in [2.45, 2.75) is 64.4 Å². The highest BCUT2D eigenvalue weighted by atomic mass is 16.5. The van der Waals surface area contributed by atoms with Gasteiger partial charge in [-0.1, -0.05) is 32.6 Å². The summed E-state index contributed by atoms with van der Waals surface area (Å²) in [7, 11) is 0. The van der Waals surface area contributed by atoms with E-state index in [0.29, 0.717) is 25.1 Å². The summed E-state index contributed by atoms with van der Waals surface area (Å²) in [6.07, 6.45) is 9.25. The molecule has 1 aliphatic rings. The molecular weight excluding hydrogens is 268 g/mol. The standard InChI is InChI=1S/C16H26N2O3/c1-3-4-10-21-14(19)16(8-6-5-7-9-16)15(2,20)13-11-17-12-18-13/h11-12,20H,3-10H2,1-2H3,(H,17,18). The van der Waals surface area contributed by atoms with E-state index in [-0.39, 0.29) is 5.97 Å². The third kappa shape index (κ3) is 2.98. The molecule has 0 radical (unpaired) electrons. The molecule has 0 saturated heterocycles. The molecule has 1 saturated carbocycles. The fourth-order valence-electron chi connectivity index (χ4n) is 3.27. The van der Waals surface area contributed by atoms with Gasteiger partial charge in [-0.15, -0.1) is 0 Å². The summed E-state index contributed by atoms with van der Waals surface area (Å²) in [4.78, 5) is 19.7. The maximum absolute atomic E-state index is 12.7. The van der Waals surface area contributed by atoms with Gasteiger partial charge in [0.25, 0.3) is 0 Å². The fraction of sp³-hybridized carbons (Fsp3) is 0.750. The third-order valence-electron chi connectivity index (χ3n) is 4.78. The van der Waals surface area contributed by atoms with E-state index in [2.05, 4.69) is 16.9 Å². The van der Waals surface area contributed by atoms with E-state index in [4.69, 9.17) is 4.74 Å². The molecule has 1 fully saturated rings. The molecule has 0 bridgehead atoms. The van der Waals surface area contributed by atoms with Gasteiger partial charge in [0.05, 0.1) is 24.8 Å². The number of carbonyl (C=O) groups excluding carboxylic acids is 1. The molecule has 2 rings (SSSR count). The zero-order valence-corrected chi connectivity index (χ0v) is 13.0. The minimum Gasteiger partial charge on any atom is -0.465 e. The van der Waals surface area contributed by atoms with Crippen LogP contribution < -0.4 is 0 Å². The lowest BCUT2D eigenvalue weighted by Crippen LogP contribution is -2.51. The fourth-order valence-corrected chi connectivity index (χ4v) is 3.27. The van der Waals surface area contributed by atoms with Crippen LogP contribution in [0.4, 0.5) is 0 Å². The molecule has 0 amide bonds. The van der Waals surface area contributed by atoms with Crippen molar-refractivity contribution >= 4 is 5.97 Å². The second-order valence-corrected chi connectivity index (χ2v) is 6.17. The van der Waals surface area contributed by atoms with Crippen LogP contribution in [0.25, 0.3) is 0 Å². The molecule has 5 nitrogen and oxygen atoms in total. The predicted molar refractivity (Wildman–Crippen MR) is 79.5 cm³/mol. The number of aromatic amines is 1. The van der Waals surface area contributed by atoms with Crippen LogP contribution in [0.1, 0.15) is 64.5 Å². The van der Waals surface area contributed by atoms with E-state index < -0.39 is 11.0 Å². The van der Waals surface area contributed by atoms with Gasteiger partial charge < -0.3 is 14.8 Å². The lowest BCUT2D eigenvalue weighted by Gasteiger charge is -2.45. The van der Waals surface area contributed by atoms with Crippen molar-refractivity contribution in [2.24, 2.45) is 5.41 Å². The van der Waals surface area contributed by atoms with E-state index in [0.717, 1.165) is 32.1 Å². The molecule has 0 aliphatic heterocycles. The maximum Gasteiger partial charge on any atom is 0.315 e. The highest BCUT2D eigenvalue weighted by molar-refractivity contribution is 5.78. The van der Waals surface area contributed by atoms with Crippen LogP contribution in [-0.4, -0.2) is 27.7 Å². The Morgan fingerprint density at radius 3 is 2.76 bits per heavy atom. The van der Waals surface area contributed by atoms with Crippen molar-refractivity contribution in [2.75, 3.05) is 6.61 Å². The van der Waals surface area contributed by atoms with Crippen LogP contribution in [0.5, 0.6) is 0 Å². The number of nitrogens with zero attached hydrogens (tertiary/aromatic N) is 1. The van der Waals surface area contributed by atoms with E-state index in [1.165, 1.54) is 6.33 Å². The Balaban J connectivity index is 2.26. The average Bonchev–Trinajstić information content (AvgIpc) is 3.03. The van der Waals surface area contributed by atoms with Crippen molar-refractivity contribution < 1.29 is 14.6 Å². The second-order valence-electron chi connectivity index (χ2n) is 6.17. The monoisotopic (exact) mass is 294 g/mol. The molecule has 5 heteroatoms. The minimum absolute atomic E-state index is 0.268. The van der Waals surface area contributed by atoms with Gasteiger partial charge in [0.15, 0.2) is 0 Å². The van der Waals surface area contributed by atoms with Crippen LogP contribution in [0.2, 0.25) is 0 Å². The van der Waals surface area contributed by atoms with E-state index in [1.807, 2.05) is 0 Å². The number of hydrogen-bond acceptors (Lipinski definition) is 4. The molecule has 1 heterocycles. The Hall–Kier alpha value is -1.36. The number of aromatic nitrogens is 2. The van der Waals surface area contributed by atoms with Crippen LogP contribution in [0.15, 0.2) is 12.5 Å². The molecule has 2 N–H and O–H groups in total. The number of rotatable bonds is 6. The number of carbonyl (C=O) groups is 1. The first kappa shape index (κ1) is 16.0. The lowest BCUT2D eigenvalue weighted by atomic mass is 9.62. The van der Waals surface area contributed by atoms with Gasteiger partial charge >= 0.3 is 5.97 Å². The van der Waals surface area contributed by atoms with Crippen molar-refractivity contribution in [1.29, 1.82) is 0 Å². The van der Waals surface area contributed by atoms with E-state index in [1.54, 1.807) is 13.1 Å². The summed E-state index contributed by atoms with van der Waals surface area (Å²) in [5.74, 6) is -0.268. The molecule has 1 aromatic heterocycles. The lowest BCUT2D eigenvalue weighted by molar-refractivity contribution is -0.182. The highest BCUT2D eigenvalue weighted by Crippen LogP contribution is 2.50. The van der Waals surface area contributed by atoms with Gasteiger partial charge in [0.1, 0.15) is 11.0 Å². The van der Waals surface area contributed by atoms with Gasteiger partial charge in [0, 0.05) is 0 Å². The summed E-state index contributed by atoms with van der Waals surface area (Å²) in [5, 5.41) is 11.1. The SMILES string of the molecule is CCCCOC(=O)C1(C(C)(O)c2cnc[nH]2)CCCCC1. The maximum atomic E-state index is 12.7. The molecule has 1 aromatic rings. The number of nitrogens with one attached hydrogen (secondary N) is 1. The molecule has 21 heavy (non-hydrogen) atoms. The topological polar surface area (TPSA) is 75.2 Å². The van der Waals surface area contributed by atoms with Crippen molar-refractivity contribution in [1.82, 2.24) is 9.97 Å². The first-order valence-corrected chi connectivity index (χ1v) is 7.93. The molecule has 0 spiro atoms. The molecule has 1 atom stereocenters. The average molecular weight is 294 g/mol. The molecule has 118 valence electrons. The van der Waals surface area contributed by atoms with Gasteiger partial charge in [-0.25, -0.2) is 4.98 Å². The number of H-pyrrole nitrogens is 1. The summed E-state index contributed by atoms with van der Waals surface area (Å²) in [6, 6.07) is 0. The quantitative estimate of drug-likeness (QED) is 0.625. The Kier molecular flexibility index (Phi) is 5.04. The smallest absolute Gasteiger partial charge is 0.315 e. The van der Waals surface area contributed by atoms with E-state index in [9.17, 15) is 9.90 Å². The molecule has 1 aliphatic carbocycles. The number of aliphatic hydroxyl groups is 1. The second kappa shape index (κ2) is 6.60. The van der Waals surface area contributed by atoms with Crippen LogP contribution in [0.3, 0.4) is 0 Å². The van der Waals surface area contributed by atoms with Crippen molar-refractivity contribution in [3.05, 3.63) is 18.2 Å². The Morgan fingerprint density at radius 2 is 2.19 bits per heavy atom. The minimum atomic E-state index is -1.28. The van der Waals surface area contributed by atoms with E-state index >= 15 is 0 Å².